The second kappa shape index (κ2) is 7.77. The van der Waals surface area contributed by atoms with E-state index in [-0.39, 0.29) is 0 Å². The van der Waals surface area contributed by atoms with Crippen molar-refractivity contribution in [1.82, 2.24) is 5.32 Å². The second-order valence-corrected chi connectivity index (χ2v) is 4.10. The van der Waals surface area contributed by atoms with E-state index in [1.807, 2.05) is 6.08 Å². The Hall–Kier alpha value is -1.48. The van der Waals surface area contributed by atoms with E-state index in [2.05, 4.69) is 48.8 Å². The fourth-order valence-electron chi connectivity index (χ4n) is 1.98. The summed E-state index contributed by atoms with van der Waals surface area (Å²) in [7, 11) is 1.73. The molecule has 3 heteroatoms. The van der Waals surface area contributed by atoms with Crippen LogP contribution in [0.25, 0.3) is 0 Å². The molecule has 0 heterocycles. The minimum absolute atomic E-state index is 0.820. The Morgan fingerprint density at radius 2 is 2.06 bits per heavy atom. The second-order valence-electron chi connectivity index (χ2n) is 4.10. The van der Waals surface area contributed by atoms with E-state index in [1.54, 1.807) is 7.11 Å². The number of nitrogens with zero attached hydrogens (tertiary/aromatic N) is 1. The highest BCUT2D eigenvalue weighted by atomic mass is 16.5. The van der Waals surface area contributed by atoms with Crippen LogP contribution in [-0.4, -0.2) is 26.7 Å². The number of hydrogen-bond donors (Lipinski definition) is 1. The van der Waals surface area contributed by atoms with Crippen LogP contribution in [0.5, 0.6) is 5.75 Å². The molecule has 0 saturated carbocycles. The van der Waals surface area contributed by atoms with Gasteiger partial charge in [-0.25, -0.2) is 0 Å². The van der Waals surface area contributed by atoms with Crippen LogP contribution in [0.4, 0.5) is 5.69 Å². The first-order chi connectivity index (χ1) is 8.76. The Labute approximate surface area is 110 Å². The van der Waals surface area contributed by atoms with E-state index in [0.717, 1.165) is 37.6 Å². The molecule has 0 amide bonds. The lowest BCUT2D eigenvalue weighted by molar-refractivity contribution is 0.414. The van der Waals surface area contributed by atoms with Gasteiger partial charge in [-0.15, -0.1) is 6.58 Å². The van der Waals surface area contributed by atoms with Crippen molar-refractivity contribution in [2.75, 3.05) is 31.6 Å². The molecule has 1 N–H and O–H groups in total. The van der Waals surface area contributed by atoms with Crippen molar-refractivity contribution >= 4 is 5.69 Å². The molecule has 0 aliphatic rings. The topological polar surface area (TPSA) is 24.5 Å². The summed E-state index contributed by atoms with van der Waals surface area (Å²) in [5.74, 6) is 0.941. The number of ether oxygens (including phenoxy) is 1. The first-order valence-electron chi connectivity index (χ1n) is 6.50. The smallest absolute Gasteiger partial charge is 0.142 e. The minimum Gasteiger partial charge on any atom is -0.495 e. The molecule has 1 aromatic carbocycles. The van der Waals surface area contributed by atoms with Crippen molar-refractivity contribution in [3.63, 3.8) is 0 Å². The van der Waals surface area contributed by atoms with Crippen LogP contribution >= 0.6 is 0 Å². The molecule has 0 aliphatic heterocycles. The SMILES string of the molecule is C=CCNCc1ccc(N(CC)CC)c(OC)c1. The van der Waals surface area contributed by atoms with Crippen molar-refractivity contribution in [2.45, 2.75) is 20.4 Å². The molecular weight excluding hydrogens is 224 g/mol. The van der Waals surface area contributed by atoms with Crippen LogP contribution < -0.4 is 15.0 Å². The van der Waals surface area contributed by atoms with Crippen molar-refractivity contribution in [3.05, 3.63) is 36.4 Å². The maximum atomic E-state index is 5.49. The van der Waals surface area contributed by atoms with Gasteiger partial charge in [0.2, 0.25) is 0 Å². The molecule has 0 atom stereocenters. The highest BCUT2D eigenvalue weighted by molar-refractivity contribution is 5.59. The molecule has 0 fully saturated rings. The monoisotopic (exact) mass is 248 g/mol. The molecule has 0 spiro atoms. The summed E-state index contributed by atoms with van der Waals surface area (Å²) < 4.78 is 5.49. The van der Waals surface area contributed by atoms with Gasteiger partial charge in [0.05, 0.1) is 12.8 Å². The van der Waals surface area contributed by atoms with Gasteiger partial charge in [0.1, 0.15) is 5.75 Å². The van der Waals surface area contributed by atoms with Crippen molar-refractivity contribution in [1.29, 1.82) is 0 Å². The first-order valence-corrected chi connectivity index (χ1v) is 6.50. The van der Waals surface area contributed by atoms with E-state index in [9.17, 15) is 0 Å². The first kappa shape index (κ1) is 14.6. The lowest BCUT2D eigenvalue weighted by atomic mass is 10.1. The number of hydrogen-bond acceptors (Lipinski definition) is 3. The zero-order valence-electron chi connectivity index (χ0n) is 11.7. The van der Waals surface area contributed by atoms with Crippen LogP contribution in [0, 0.1) is 0 Å². The predicted octanol–water partition coefficient (Wildman–Crippen LogP) is 2.82. The van der Waals surface area contributed by atoms with Crippen LogP contribution in [0.15, 0.2) is 30.9 Å². The van der Waals surface area contributed by atoms with E-state index < -0.39 is 0 Å². The Bertz CT molecular complexity index is 373. The fourth-order valence-corrected chi connectivity index (χ4v) is 1.98. The van der Waals surface area contributed by atoms with Crippen molar-refractivity contribution in [2.24, 2.45) is 0 Å². The Morgan fingerprint density at radius 3 is 2.61 bits per heavy atom. The summed E-state index contributed by atoms with van der Waals surface area (Å²) >= 11 is 0. The third-order valence-corrected chi connectivity index (χ3v) is 2.97. The summed E-state index contributed by atoms with van der Waals surface area (Å²) in [5.41, 5.74) is 2.39. The minimum atomic E-state index is 0.820. The quantitative estimate of drug-likeness (QED) is 0.565. The molecule has 18 heavy (non-hydrogen) atoms. The van der Waals surface area contributed by atoms with Gasteiger partial charge >= 0.3 is 0 Å². The summed E-state index contributed by atoms with van der Waals surface area (Å²) in [6.07, 6.45) is 1.86. The molecule has 0 aromatic heterocycles. The summed E-state index contributed by atoms with van der Waals surface area (Å²) in [5, 5.41) is 3.29. The zero-order chi connectivity index (χ0) is 13.4. The van der Waals surface area contributed by atoms with E-state index in [4.69, 9.17) is 4.74 Å². The van der Waals surface area contributed by atoms with Gasteiger partial charge in [0.25, 0.3) is 0 Å². The van der Waals surface area contributed by atoms with Gasteiger partial charge in [0, 0.05) is 26.2 Å². The number of rotatable bonds is 8. The fraction of sp³-hybridized carbons (Fsp3) is 0.467. The average molecular weight is 248 g/mol. The van der Waals surface area contributed by atoms with Gasteiger partial charge in [-0.05, 0) is 31.5 Å². The molecule has 0 unspecified atom stereocenters. The zero-order valence-corrected chi connectivity index (χ0v) is 11.7. The molecule has 100 valence electrons. The van der Waals surface area contributed by atoms with Crippen LogP contribution in [0.3, 0.4) is 0 Å². The maximum absolute atomic E-state index is 5.49. The average Bonchev–Trinajstić information content (AvgIpc) is 2.41. The molecule has 1 aromatic rings. The van der Waals surface area contributed by atoms with Crippen LogP contribution in [0.2, 0.25) is 0 Å². The standard InChI is InChI=1S/C15H24N2O/c1-5-10-16-12-13-8-9-14(15(11-13)18-4)17(6-2)7-3/h5,8-9,11,16H,1,6-7,10,12H2,2-4H3. The Balaban J connectivity index is 2.85. The van der Waals surface area contributed by atoms with Gasteiger partial charge in [-0.1, -0.05) is 12.1 Å². The van der Waals surface area contributed by atoms with Crippen molar-refractivity contribution in [3.8, 4) is 5.75 Å². The normalized spacial score (nSPS) is 10.2. The molecule has 0 radical (unpaired) electrons. The summed E-state index contributed by atoms with van der Waals surface area (Å²) in [4.78, 5) is 2.29. The highest BCUT2D eigenvalue weighted by Crippen LogP contribution is 2.29. The molecule has 0 bridgehead atoms. The third kappa shape index (κ3) is 3.77. The number of benzene rings is 1. The summed E-state index contributed by atoms with van der Waals surface area (Å²) in [6, 6.07) is 6.38. The molecular formula is C15H24N2O. The van der Waals surface area contributed by atoms with Gasteiger partial charge in [0.15, 0.2) is 0 Å². The Morgan fingerprint density at radius 1 is 1.33 bits per heavy atom. The number of anilines is 1. The van der Waals surface area contributed by atoms with Gasteiger partial charge in [-0.3, -0.25) is 0 Å². The number of methoxy groups -OCH3 is 1. The van der Waals surface area contributed by atoms with Crippen molar-refractivity contribution < 1.29 is 4.74 Å². The predicted molar refractivity (Wildman–Crippen MR) is 78.5 cm³/mol. The van der Waals surface area contributed by atoms with E-state index >= 15 is 0 Å². The van der Waals surface area contributed by atoms with E-state index in [1.165, 1.54) is 5.56 Å². The highest BCUT2D eigenvalue weighted by Gasteiger charge is 2.09. The molecule has 0 aliphatic carbocycles. The molecule has 1 rings (SSSR count). The lowest BCUT2D eigenvalue weighted by Gasteiger charge is -2.23. The van der Waals surface area contributed by atoms with Gasteiger partial charge < -0.3 is 15.0 Å². The largest absolute Gasteiger partial charge is 0.495 e. The lowest BCUT2D eigenvalue weighted by Crippen LogP contribution is -2.22. The Kier molecular flexibility index (Phi) is 6.29. The maximum Gasteiger partial charge on any atom is 0.142 e. The van der Waals surface area contributed by atoms with Crippen LogP contribution in [-0.2, 0) is 6.54 Å². The van der Waals surface area contributed by atoms with Crippen LogP contribution in [0.1, 0.15) is 19.4 Å². The molecule has 3 nitrogen and oxygen atoms in total. The molecule has 0 saturated heterocycles. The van der Waals surface area contributed by atoms with E-state index in [0.29, 0.717) is 0 Å². The third-order valence-electron chi connectivity index (χ3n) is 2.97. The number of nitrogens with one attached hydrogen (secondary N) is 1. The van der Waals surface area contributed by atoms with Gasteiger partial charge in [-0.2, -0.15) is 0 Å². The summed E-state index contributed by atoms with van der Waals surface area (Å²) in [6.45, 7) is 11.6.